The number of rotatable bonds is 10. The summed E-state index contributed by atoms with van der Waals surface area (Å²) >= 11 is 1.17. The van der Waals surface area contributed by atoms with Crippen LogP contribution in [-0.4, -0.2) is 47.1 Å². The van der Waals surface area contributed by atoms with E-state index in [0.29, 0.717) is 40.7 Å². The predicted molar refractivity (Wildman–Crippen MR) is 113 cm³/mol. The maximum atomic E-state index is 13.7. The molecule has 0 spiro atoms. The zero-order valence-corrected chi connectivity index (χ0v) is 17.7. The van der Waals surface area contributed by atoms with Gasteiger partial charge in [0.1, 0.15) is 28.3 Å². The van der Waals surface area contributed by atoms with E-state index in [9.17, 15) is 9.18 Å². The molecular formula is C19H25FN6O2S. The number of hydrogen-bond donors (Lipinski definition) is 3. The third-order valence-corrected chi connectivity index (χ3v) is 4.51. The summed E-state index contributed by atoms with van der Waals surface area (Å²) in [5, 5.41) is 9.11. The van der Waals surface area contributed by atoms with Crippen LogP contribution in [0.4, 0.5) is 10.2 Å². The lowest BCUT2D eigenvalue weighted by Gasteiger charge is -2.15. The van der Waals surface area contributed by atoms with Gasteiger partial charge in [0, 0.05) is 19.2 Å². The molecule has 0 radical (unpaired) electrons. The van der Waals surface area contributed by atoms with Crippen LogP contribution in [0, 0.1) is 0 Å². The number of ether oxygens (including phenoxy) is 1. The first-order chi connectivity index (χ1) is 13.8. The molecule has 0 fully saturated rings. The van der Waals surface area contributed by atoms with Gasteiger partial charge in [0.25, 0.3) is 5.91 Å². The Balaban J connectivity index is 2.34. The van der Waals surface area contributed by atoms with Crippen molar-refractivity contribution in [1.29, 1.82) is 0 Å². The molecule has 29 heavy (non-hydrogen) atoms. The number of allylic oxidation sites excluding steroid dienone is 4. The van der Waals surface area contributed by atoms with Gasteiger partial charge >= 0.3 is 0 Å². The smallest absolute Gasteiger partial charge is 0.280 e. The number of nitrogens with zero attached hydrogens (tertiary/aromatic N) is 3. The van der Waals surface area contributed by atoms with E-state index in [4.69, 9.17) is 4.74 Å². The van der Waals surface area contributed by atoms with Crippen LogP contribution in [0.3, 0.4) is 0 Å². The Hall–Kier alpha value is -2.85. The molecule has 0 aliphatic heterocycles. The highest BCUT2D eigenvalue weighted by Gasteiger charge is 2.17. The fraction of sp³-hybridized carbons (Fsp3) is 0.368. The van der Waals surface area contributed by atoms with E-state index < -0.39 is 5.83 Å². The molecule has 2 aromatic rings. The van der Waals surface area contributed by atoms with Gasteiger partial charge < -0.3 is 20.7 Å². The van der Waals surface area contributed by atoms with Gasteiger partial charge in [0.05, 0.1) is 11.8 Å². The summed E-state index contributed by atoms with van der Waals surface area (Å²) in [6.45, 7) is 9.97. The molecular weight excluding hydrogens is 395 g/mol. The van der Waals surface area contributed by atoms with Crippen molar-refractivity contribution >= 4 is 33.4 Å². The minimum Gasteiger partial charge on any atom is -0.489 e. The molecule has 2 rings (SSSR count). The standard InChI is InChI=1S/C19H25FN6O2S/c1-6-13(20)9-14(28-11(2)3)12(4)25-16-15-18(24-10-23-16)29-19(26-15)17(27)22-8-7-21-5/h6,9-11,21H,1,7-8H2,2-5H3,(H,22,27)(H,23,24,25)/b13-9+,14-12-. The second kappa shape index (κ2) is 10.6. The van der Waals surface area contributed by atoms with Crippen molar-refractivity contribution in [3.05, 3.63) is 47.3 Å². The SMILES string of the molecule is C=C/C(F)=C\C(OC(C)C)=C(/C)Nc1ncnc2sc(C(=O)NCCNC)nc12. The van der Waals surface area contributed by atoms with Gasteiger partial charge in [-0.25, -0.2) is 19.3 Å². The molecule has 0 bridgehead atoms. The molecule has 10 heteroatoms. The summed E-state index contributed by atoms with van der Waals surface area (Å²) in [6.07, 6.45) is 3.56. The molecule has 156 valence electrons. The molecule has 1 amide bonds. The van der Waals surface area contributed by atoms with Gasteiger partial charge in [0.15, 0.2) is 10.8 Å². The molecule has 0 aliphatic carbocycles. The molecule has 0 unspecified atom stereocenters. The molecule has 0 saturated carbocycles. The number of carbonyl (C=O) groups excluding carboxylic acids is 1. The Morgan fingerprint density at radius 2 is 2.14 bits per heavy atom. The Labute approximate surface area is 173 Å². The van der Waals surface area contributed by atoms with E-state index >= 15 is 0 Å². The van der Waals surface area contributed by atoms with Crippen molar-refractivity contribution < 1.29 is 13.9 Å². The normalized spacial score (nSPS) is 12.7. The first-order valence-electron chi connectivity index (χ1n) is 9.04. The van der Waals surface area contributed by atoms with Crippen LogP contribution in [0.15, 0.2) is 42.3 Å². The average molecular weight is 421 g/mol. The number of aromatic nitrogens is 3. The van der Waals surface area contributed by atoms with Crippen LogP contribution in [0.25, 0.3) is 10.3 Å². The maximum Gasteiger partial charge on any atom is 0.280 e. The fourth-order valence-corrected chi connectivity index (χ4v) is 3.05. The zero-order chi connectivity index (χ0) is 21.4. The molecule has 0 saturated heterocycles. The Morgan fingerprint density at radius 3 is 2.79 bits per heavy atom. The number of thiazole rings is 1. The summed E-state index contributed by atoms with van der Waals surface area (Å²) in [6, 6.07) is 0. The molecule has 0 aliphatic rings. The van der Waals surface area contributed by atoms with Gasteiger partial charge in [0.2, 0.25) is 0 Å². The van der Waals surface area contributed by atoms with Crippen molar-refractivity contribution in [2.75, 3.05) is 25.5 Å². The van der Waals surface area contributed by atoms with Crippen molar-refractivity contribution in [1.82, 2.24) is 25.6 Å². The Morgan fingerprint density at radius 1 is 1.38 bits per heavy atom. The highest BCUT2D eigenvalue weighted by molar-refractivity contribution is 7.19. The zero-order valence-electron chi connectivity index (χ0n) is 16.9. The number of halogens is 1. The number of anilines is 1. The topological polar surface area (TPSA) is 101 Å². The summed E-state index contributed by atoms with van der Waals surface area (Å²) in [5.74, 6) is -0.0928. The first-order valence-corrected chi connectivity index (χ1v) is 9.85. The quantitative estimate of drug-likeness (QED) is 0.308. The molecule has 8 nitrogen and oxygen atoms in total. The van der Waals surface area contributed by atoms with Crippen LogP contribution in [0.1, 0.15) is 30.6 Å². The fourth-order valence-electron chi connectivity index (χ4n) is 2.23. The number of likely N-dealkylation sites (N-methyl/N-ethyl adjacent to an activating group) is 1. The lowest BCUT2D eigenvalue weighted by atomic mass is 10.3. The van der Waals surface area contributed by atoms with Crippen molar-refractivity contribution in [2.45, 2.75) is 26.9 Å². The van der Waals surface area contributed by atoms with Crippen LogP contribution in [-0.2, 0) is 4.74 Å². The second-order valence-electron chi connectivity index (χ2n) is 6.27. The Bertz CT molecular complexity index is 938. The van der Waals surface area contributed by atoms with Gasteiger partial charge in [-0.1, -0.05) is 17.9 Å². The monoisotopic (exact) mass is 420 g/mol. The van der Waals surface area contributed by atoms with E-state index in [2.05, 4.69) is 37.5 Å². The Kier molecular flexibility index (Phi) is 8.22. The molecule has 2 heterocycles. The van der Waals surface area contributed by atoms with E-state index in [-0.39, 0.29) is 17.0 Å². The van der Waals surface area contributed by atoms with Crippen molar-refractivity contribution in [2.24, 2.45) is 0 Å². The summed E-state index contributed by atoms with van der Waals surface area (Å²) < 4.78 is 19.4. The lowest BCUT2D eigenvalue weighted by molar-refractivity contribution is 0.0954. The van der Waals surface area contributed by atoms with Gasteiger partial charge in [-0.3, -0.25) is 4.79 Å². The van der Waals surface area contributed by atoms with Crippen LogP contribution in [0.2, 0.25) is 0 Å². The number of fused-ring (bicyclic) bond motifs is 1. The van der Waals surface area contributed by atoms with Crippen molar-refractivity contribution in [3.8, 4) is 0 Å². The lowest BCUT2D eigenvalue weighted by Crippen LogP contribution is -2.30. The van der Waals surface area contributed by atoms with E-state index in [0.717, 1.165) is 6.08 Å². The van der Waals surface area contributed by atoms with E-state index in [1.54, 1.807) is 14.0 Å². The van der Waals surface area contributed by atoms with Crippen molar-refractivity contribution in [3.63, 3.8) is 0 Å². The van der Waals surface area contributed by atoms with Gasteiger partial charge in [-0.05, 0) is 33.9 Å². The number of nitrogens with one attached hydrogen (secondary N) is 3. The molecule has 2 aromatic heterocycles. The highest BCUT2D eigenvalue weighted by Crippen LogP contribution is 2.26. The average Bonchev–Trinajstić information content (AvgIpc) is 3.12. The van der Waals surface area contributed by atoms with Crippen LogP contribution < -0.4 is 16.0 Å². The van der Waals surface area contributed by atoms with E-state index in [1.807, 2.05) is 13.8 Å². The minimum absolute atomic E-state index is 0.159. The molecule has 0 aromatic carbocycles. The number of amides is 1. The summed E-state index contributed by atoms with van der Waals surface area (Å²) in [4.78, 5) is 25.6. The first kappa shape index (κ1) is 22.4. The van der Waals surface area contributed by atoms with Crippen LogP contribution in [0.5, 0.6) is 0 Å². The van der Waals surface area contributed by atoms with Crippen LogP contribution >= 0.6 is 11.3 Å². The summed E-state index contributed by atoms with van der Waals surface area (Å²) in [7, 11) is 1.81. The second-order valence-corrected chi connectivity index (χ2v) is 7.25. The third kappa shape index (κ3) is 6.33. The number of hydrogen-bond acceptors (Lipinski definition) is 8. The highest BCUT2D eigenvalue weighted by atomic mass is 32.1. The van der Waals surface area contributed by atoms with Gasteiger partial charge in [-0.2, -0.15) is 0 Å². The largest absolute Gasteiger partial charge is 0.489 e. The predicted octanol–water partition coefficient (Wildman–Crippen LogP) is 3.14. The maximum absolute atomic E-state index is 13.7. The number of carbonyl (C=O) groups is 1. The van der Waals surface area contributed by atoms with E-state index in [1.165, 1.54) is 23.7 Å². The summed E-state index contributed by atoms with van der Waals surface area (Å²) in [5.41, 5.74) is 0.983. The minimum atomic E-state index is -0.524. The van der Waals surface area contributed by atoms with Gasteiger partial charge in [-0.15, -0.1) is 0 Å². The molecule has 0 atom stereocenters. The third-order valence-electron chi connectivity index (χ3n) is 3.55. The molecule has 3 N–H and O–H groups in total.